The van der Waals surface area contributed by atoms with Crippen LogP contribution in [0.2, 0.25) is 0 Å². The third-order valence-electron chi connectivity index (χ3n) is 4.33. The lowest BCUT2D eigenvalue weighted by molar-refractivity contribution is -0.114. The van der Waals surface area contributed by atoms with Crippen LogP contribution in [0.25, 0.3) is 16.8 Å². The normalized spacial score (nSPS) is 10.6. The standard InChI is InChI=1S/C21H20N2O3/c1-13-12-18(21(25)26)14(2)23(13)20-11-7-5-9-17(20)16-8-4-6-10-19(16)22-15(3)24/h4-12H,1-3H3,(H,22,24)(H,25,26). The summed E-state index contributed by atoms with van der Waals surface area (Å²) < 4.78 is 1.93. The van der Waals surface area contributed by atoms with Gasteiger partial charge in [0.25, 0.3) is 0 Å². The number of carbonyl (C=O) groups excluding carboxylic acids is 1. The molecule has 0 bridgehead atoms. The van der Waals surface area contributed by atoms with Gasteiger partial charge in [0.05, 0.1) is 11.3 Å². The number of benzene rings is 2. The van der Waals surface area contributed by atoms with Crippen molar-refractivity contribution in [2.45, 2.75) is 20.8 Å². The number of anilines is 1. The summed E-state index contributed by atoms with van der Waals surface area (Å²) in [5.41, 5.74) is 5.16. The van der Waals surface area contributed by atoms with E-state index < -0.39 is 5.97 Å². The summed E-state index contributed by atoms with van der Waals surface area (Å²) in [5.74, 6) is -1.09. The zero-order valence-electron chi connectivity index (χ0n) is 14.9. The first-order valence-electron chi connectivity index (χ1n) is 8.28. The Kier molecular flexibility index (Phi) is 4.63. The second kappa shape index (κ2) is 6.88. The summed E-state index contributed by atoms with van der Waals surface area (Å²) in [7, 11) is 0. The molecule has 3 aromatic rings. The maximum absolute atomic E-state index is 11.6. The lowest BCUT2D eigenvalue weighted by atomic mass is 10.0. The van der Waals surface area contributed by atoms with Crippen molar-refractivity contribution in [2.24, 2.45) is 0 Å². The highest BCUT2D eigenvalue weighted by molar-refractivity contribution is 5.95. The topological polar surface area (TPSA) is 71.3 Å². The van der Waals surface area contributed by atoms with Crippen molar-refractivity contribution in [3.8, 4) is 16.8 Å². The zero-order chi connectivity index (χ0) is 18.8. The van der Waals surface area contributed by atoms with Gasteiger partial charge >= 0.3 is 5.97 Å². The molecule has 5 nitrogen and oxygen atoms in total. The monoisotopic (exact) mass is 348 g/mol. The van der Waals surface area contributed by atoms with E-state index in [0.717, 1.165) is 22.5 Å². The van der Waals surface area contributed by atoms with Crippen LogP contribution in [-0.4, -0.2) is 21.6 Å². The largest absolute Gasteiger partial charge is 0.478 e. The number of hydrogen-bond acceptors (Lipinski definition) is 2. The quantitative estimate of drug-likeness (QED) is 0.733. The molecule has 0 radical (unpaired) electrons. The molecule has 0 spiro atoms. The molecule has 132 valence electrons. The van der Waals surface area contributed by atoms with Gasteiger partial charge in [0.2, 0.25) is 5.91 Å². The van der Waals surface area contributed by atoms with Crippen molar-refractivity contribution in [2.75, 3.05) is 5.32 Å². The summed E-state index contributed by atoms with van der Waals surface area (Å²) in [6.45, 7) is 5.16. The Balaban J connectivity index is 2.24. The number of aromatic carboxylic acids is 1. The molecule has 0 saturated carbocycles. The van der Waals surface area contributed by atoms with Crippen molar-refractivity contribution in [1.29, 1.82) is 0 Å². The van der Waals surface area contributed by atoms with Gasteiger partial charge in [-0.3, -0.25) is 4.79 Å². The highest BCUT2D eigenvalue weighted by Crippen LogP contribution is 2.34. The predicted molar refractivity (Wildman–Crippen MR) is 102 cm³/mol. The molecule has 1 heterocycles. The molecule has 26 heavy (non-hydrogen) atoms. The van der Waals surface area contributed by atoms with Crippen LogP contribution >= 0.6 is 0 Å². The van der Waals surface area contributed by atoms with Gasteiger partial charge in [-0.05, 0) is 32.0 Å². The molecule has 1 aromatic heterocycles. The molecule has 0 atom stereocenters. The first kappa shape index (κ1) is 17.5. The number of para-hydroxylation sites is 2. The molecule has 1 amide bonds. The molecule has 0 saturated heterocycles. The van der Waals surface area contributed by atoms with Crippen molar-refractivity contribution in [3.05, 3.63) is 71.5 Å². The van der Waals surface area contributed by atoms with Crippen LogP contribution in [0, 0.1) is 13.8 Å². The van der Waals surface area contributed by atoms with Crippen LogP contribution in [0.15, 0.2) is 54.6 Å². The van der Waals surface area contributed by atoms with Crippen molar-refractivity contribution >= 4 is 17.6 Å². The lowest BCUT2D eigenvalue weighted by Crippen LogP contribution is -2.08. The number of carbonyl (C=O) groups is 2. The van der Waals surface area contributed by atoms with E-state index in [1.165, 1.54) is 6.92 Å². The fourth-order valence-electron chi connectivity index (χ4n) is 3.26. The van der Waals surface area contributed by atoms with Gasteiger partial charge in [-0.2, -0.15) is 0 Å². The number of carboxylic acids is 1. The van der Waals surface area contributed by atoms with E-state index in [0.29, 0.717) is 11.4 Å². The van der Waals surface area contributed by atoms with E-state index in [2.05, 4.69) is 5.32 Å². The molecule has 0 aliphatic heterocycles. The molecule has 0 aliphatic carbocycles. The number of nitrogens with one attached hydrogen (secondary N) is 1. The van der Waals surface area contributed by atoms with Gasteiger partial charge < -0.3 is 15.0 Å². The van der Waals surface area contributed by atoms with Crippen LogP contribution in [0.4, 0.5) is 5.69 Å². The first-order chi connectivity index (χ1) is 12.4. The van der Waals surface area contributed by atoms with E-state index in [4.69, 9.17) is 0 Å². The van der Waals surface area contributed by atoms with Crippen LogP contribution in [-0.2, 0) is 4.79 Å². The van der Waals surface area contributed by atoms with E-state index in [1.54, 1.807) is 13.0 Å². The number of amides is 1. The van der Waals surface area contributed by atoms with Crippen LogP contribution in [0.3, 0.4) is 0 Å². The van der Waals surface area contributed by atoms with E-state index in [-0.39, 0.29) is 11.5 Å². The second-order valence-electron chi connectivity index (χ2n) is 6.17. The summed E-state index contributed by atoms with van der Waals surface area (Å²) in [6, 6.07) is 17.0. The fraction of sp³-hybridized carbons (Fsp3) is 0.143. The molecule has 0 fully saturated rings. The van der Waals surface area contributed by atoms with Gasteiger partial charge in [0, 0.05) is 35.1 Å². The van der Waals surface area contributed by atoms with Gasteiger partial charge in [-0.15, -0.1) is 0 Å². The Hall–Kier alpha value is -3.34. The van der Waals surface area contributed by atoms with Crippen LogP contribution in [0.1, 0.15) is 28.7 Å². The molecule has 2 aromatic carbocycles. The molecule has 3 rings (SSSR count). The Morgan fingerprint density at radius 1 is 0.962 bits per heavy atom. The lowest BCUT2D eigenvalue weighted by Gasteiger charge is -2.17. The summed E-state index contributed by atoms with van der Waals surface area (Å²) in [5, 5.41) is 12.3. The predicted octanol–water partition coefficient (Wildman–Crippen LogP) is 4.42. The highest BCUT2D eigenvalue weighted by atomic mass is 16.4. The summed E-state index contributed by atoms with van der Waals surface area (Å²) in [6.07, 6.45) is 0. The third-order valence-corrected chi connectivity index (χ3v) is 4.33. The van der Waals surface area contributed by atoms with Crippen molar-refractivity contribution in [1.82, 2.24) is 4.57 Å². The maximum atomic E-state index is 11.6. The Morgan fingerprint density at radius 3 is 2.19 bits per heavy atom. The minimum absolute atomic E-state index is 0.142. The second-order valence-corrected chi connectivity index (χ2v) is 6.17. The van der Waals surface area contributed by atoms with E-state index in [9.17, 15) is 14.7 Å². The average Bonchev–Trinajstić information content (AvgIpc) is 2.90. The minimum atomic E-state index is -0.944. The van der Waals surface area contributed by atoms with Crippen molar-refractivity contribution in [3.63, 3.8) is 0 Å². The van der Waals surface area contributed by atoms with Gasteiger partial charge in [0.15, 0.2) is 0 Å². The smallest absolute Gasteiger partial charge is 0.337 e. The van der Waals surface area contributed by atoms with Gasteiger partial charge in [-0.25, -0.2) is 4.79 Å². The zero-order valence-corrected chi connectivity index (χ0v) is 14.9. The maximum Gasteiger partial charge on any atom is 0.337 e. The average molecular weight is 348 g/mol. The highest BCUT2D eigenvalue weighted by Gasteiger charge is 2.18. The SMILES string of the molecule is CC(=O)Nc1ccccc1-c1ccccc1-n1c(C)cc(C(=O)O)c1C. The van der Waals surface area contributed by atoms with E-state index >= 15 is 0 Å². The number of aromatic nitrogens is 1. The van der Waals surface area contributed by atoms with Gasteiger partial charge in [-0.1, -0.05) is 36.4 Å². The molecule has 0 aliphatic rings. The number of hydrogen-bond donors (Lipinski definition) is 2. The fourth-order valence-corrected chi connectivity index (χ4v) is 3.26. The molecular formula is C21H20N2O3. The van der Waals surface area contributed by atoms with E-state index in [1.807, 2.05) is 60.0 Å². The molecular weight excluding hydrogens is 328 g/mol. The first-order valence-corrected chi connectivity index (χ1v) is 8.28. The Bertz CT molecular complexity index is 1000. The minimum Gasteiger partial charge on any atom is -0.478 e. The number of aryl methyl sites for hydroxylation is 1. The number of rotatable bonds is 4. The Morgan fingerprint density at radius 2 is 1.58 bits per heavy atom. The number of nitrogens with zero attached hydrogens (tertiary/aromatic N) is 1. The van der Waals surface area contributed by atoms with Gasteiger partial charge in [0.1, 0.15) is 0 Å². The van der Waals surface area contributed by atoms with Crippen LogP contribution in [0.5, 0.6) is 0 Å². The molecule has 0 unspecified atom stereocenters. The third kappa shape index (κ3) is 3.11. The molecule has 5 heteroatoms. The summed E-state index contributed by atoms with van der Waals surface area (Å²) in [4.78, 5) is 23.0. The molecule has 2 N–H and O–H groups in total. The summed E-state index contributed by atoms with van der Waals surface area (Å²) >= 11 is 0. The van der Waals surface area contributed by atoms with Crippen molar-refractivity contribution < 1.29 is 14.7 Å². The Labute approximate surface area is 151 Å². The number of carboxylic acid groups (broad SMARTS) is 1. The van der Waals surface area contributed by atoms with Crippen LogP contribution < -0.4 is 5.32 Å².